The van der Waals surface area contributed by atoms with Crippen LogP contribution in [0, 0.1) is 6.92 Å². The van der Waals surface area contributed by atoms with Gasteiger partial charge in [-0.05, 0) is 30.2 Å². The van der Waals surface area contributed by atoms with Gasteiger partial charge in [0, 0.05) is 37.9 Å². The maximum atomic E-state index is 13.0. The average molecular weight is 365 g/mol. The number of carbonyl (C=O) groups is 1. The number of fused-ring (bicyclic) bond motifs is 1. The zero-order valence-electron chi connectivity index (χ0n) is 15.3. The zero-order valence-corrected chi connectivity index (χ0v) is 15.3. The number of hydrogen-bond acceptors (Lipinski definition) is 5. The van der Waals surface area contributed by atoms with E-state index in [0.29, 0.717) is 19.8 Å². The Hall–Kier alpha value is -2.77. The molecule has 0 spiro atoms. The van der Waals surface area contributed by atoms with Crippen LogP contribution >= 0.6 is 0 Å². The molecule has 1 amide bonds. The van der Waals surface area contributed by atoms with E-state index in [4.69, 9.17) is 4.74 Å². The number of nitrogens with zero attached hydrogens (tertiary/aromatic N) is 4. The van der Waals surface area contributed by atoms with Crippen LogP contribution in [0.3, 0.4) is 0 Å². The van der Waals surface area contributed by atoms with Gasteiger partial charge in [-0.25, -0.2) is 4.98 Å². The lowest BCUT2D eigenvalue weighted by Crippen LogP contribution is -2.45. The van der Waals surface area contributed by atoms with E-state index in [-0.39, 0.29) is 11.9 Å². The molecule has 0 saturated carbocycles. The second-order valence-corrected chi connectivity index (χ2v) is 6.76. The molecule has 1 N–H and O–H groups in total. The summed E-state index contributed by atoms with van der Waals surface area (Å²) in [7, 11) is 0. The normalized spacial score (nSPS) is 16.3. The molecule has 0 bridgehead atoms. The third kappa shape index (κ3) is 3.99. The van der Waals surface area contributed by atoms with Crippen LogP contribution in [0.1, 0.15) is 22.9 Å². The van der Waals surface area contributed by atoms with Crippen LogP contribution in [-0.2, 0) is 16.1 Å². The minimum atomic E-state index is -0.373. The third-order valence-corrected chi connectivity index (χ3v) is 4.75. The lowest BCUT2D eigenvalue weighted by Gasteiger charge is -2.33. The largest absolute Gasteiger partial charge is 0.379 e. The Morgan fingerprint density at radius 2 is 2.11 bits per heavy atom. The monoisotopic (exact) mass is 365 g/mol. The van der Waals surface area contributed by atoms with E-state index < -0.39 is 0 Å². The van der Waals surface area contributed by atoms with Gasteiger partial charge in [0.25, 0.3) is 0 Å². The molecule has 0 aliphatic carbocycles. The number of ether oxygens (including phenoxy) is 1. The Balaban J connectivity index is 1.50. The molecular weight excluding hydrogens is 342 g/mol. The van der Waals surface area contributed by atoms with Crippen molar-refractivity contribution in [3.8, 4) is 0 Å². The molecule has 3 aromatic rings. The summed E-state index contributed by atoms with van der Waals surface area (Å²) >= 11 is 0. The van der Waals surface area contributed by atoms with Crippen molar-refractivity contribution in [2.45, 2.75) is 19.5 Å². The van der Waals surface area contributed by atoms with Gasteiger partial charge < -0.3 is 14.5 Å². The van der Waals surface area contributed by atoms with Crippen LogP contribution in [0.15, 0.2) is 49.1 Å². The number of pyridine rings is 2. The highest BCUT2D eigenvalue weighted by Crippen LogP contribution is 2.21. The molecule has 1 fully saturated rings. The molecule has 1 aliphatic rings. The van der Waals surface area contributed by atoms with Gasteiger partial charge in [0.1, 0.15) is 11.7 Å². The number of rotatable bonds is 5. The first kappa shape index (κ1) is 17.6. The molecule has 3 aromatic heterocycles. The Labute approximate surface area is 158 Å². The molecule has 0 radical (unpaired) electrons. The van der Waals surface area contributed by atoms with E-state index in [2.05, 4.69) is 20.2 Å². The van der Waals surface area contributed by atoms with E-state index in [9.17, 15) is 4.79 Å². The summed E-state index contributed by atoms with van der Waals surface area (Å²) in [5.74, 6) is -0.0434. The second-order valence-electron chi connectivity index (χ2n) is 6.76. The second kappa shape index (κ2) is 7.85. The van der Waals surface area contributed by atoms with Crippen LogP contribution < -0.4 is 5.32 Å². The number of imidazole rings is 1. The summed E-state index contributed by atoms with van der Waals surface area (Å²) < 4.78 is 7.42. The summed E-state index contributed by atoms with van der Waals surface area (Å²) in [6.07, 6.45) is 7.46. The van der Waals surface area contributed by atoms with Crippen molar-refractivity contribution in [2.75, 3.05) is 26.3 Å². The highest BCUT2D eigenvalue weighted by molar-refractivity contribution is 5.83. The molecule has 0 unspecified atom stereocenters. The van der Waals surface area contributed by atoms with Crippen LogP contribution in [0.2, 0.25) is 0 Å². The van der Waals surface area contributed by atoms with Gasteiger partial charge in [0.2, 0.25) is 5.91 Å². The lowest BCUT2D eigenvalue weighted by molar-refractivity contribution is -0.128. The van der Waals surface area contributed by atoms with Crippen molar-refractivity contribution in [3.63, 3.8) is 0 Å². The first-order valence-corrected chi connectivity index (χ1v) is 9.14. The quantitative estimate of drug-likeness (QED) is 0.746. The summed E-state index contributed by atoms with van der Waals surface area (Å²) in [6, 6.07) is 7.44. The SMILES string of the molecule is Cc1ccc2nc(CNC(=O)[C@H](c3cccnc3)N3CCOCC3)cn2c1. The summed E-state index contributed by atoms with van der Waals surface area (Å²) in [5, 5.41) is 3.05. The molecule has 1 saturated heterocycles. The van der Waals surface area contributed by atoms with E-state index in [1.54, 1.807) is 12.4 Å². The lowest BCUT2D eigenvalue weighted by atomic mass is 10.1. The molecule has 7 heteroatoms. The van der Waals surface area contributed by atoms with Crippen molar-refractivity contribution >= 4 is 11.6 Å². The average Bonchev–Trinajstić information content (AvgIpc) is 3.10. The van der Waals surface area contributed by atoms with Gasteiger partial charge in [0.05, 0.1) is 25.5 Å². The van der Waals surface area contributed by atoms with Crippen molar-refractivity contribution in [1.29, 1.82) is 0 Å². The van der Waals surface area contributed by atoms with Crippen LogP contribution in [0.4, 0.5) is 0 Å². The Kier molecular flexibility index (Phi) is 5.13. The van der Waals surface area contributed by atoms with Gasteiger partial charge in [-0.1, -0.05) is 12.1 Å². The first-order chi connectivity index (χ1) is 13.2. The number of aryl methyl sites for hydroxylation is 1. The minimum absolute atomic E-state index is 0.0434. The van der Waals surface area contributed by atoms with E-state index >= 15 is 0 Å². The van der Waals surface area contributed by atoms with Gasteiger partial charge in [0.15, 0.2) is 0 Å². The zero-order chi connectivity index (χ0) is 18.6. The molecule has 7 nitrogen and oxygen atoms in total. The Bertz CT molecular complexity index is 919. The van der Waals surface area contributed by atoms with Crippen LogP contribution in [-0.4, -0.2) is 51.5 Å². The predicted molar refractivity (Wildman–Crippen MR) is 101 cm³/mol. The highest BCUT2D eigenvalue weighted by Gasteiger charge is 2.29. The fourth-order valence-corrected chi connectivity index (χ4v) is 3.42. The number of nitrogens with one attached hydrogen (secondary N) is 1. The van der Waals surface area contributed by atoms with Gasteiger partial charge in [-0.15, -0.1) is 0 Å². The minimum Gasteiger partial charge on any atom is -0.379 e. The van der Waals surface area contributed by atoms with Crippen LogP contribution in [0.5, 0.6) is 0 Å². The maximum absolute atomic E-state index is 13.0. The first-order valence-electron chi connectivity index (χ1n) is 9.14. The van der Waals surface area contributed by atoms with Crippen molar-refractivity contribution in [3.05, 3.63) is 65.9 Å². The van der Waals surface area contributed by atoms with Gasteiger partial charge in [-0.2, -0.15) is 0 Å². The number of hydrogen-bond donors (Lipinski definition) is 1. The summed E-state index contributed by atoms with van der Waals surface area (Å²) in [6.45, 7) is 5.15. The predicted octanol–water partition coefficient (Wildman–Crippen LogP) is 1.73. The summed E-state index contributed by atoms with van der Waals surface area (Å²) in [4.78, 5) is 23.9. The fourth-order valence-electron chi connectivity index (χ4n) is 3.42. The van der Waals surface area contributed by atoms with Crippen LogP contribution in [0.25, 0.3) is 5.65 Å². The number of morpholine rings is 1. The topological polar surface area (TPSA) is 71.8 Å². The molecule has 1 atom stereocenters. The number of carbonyl (C=O) groups excluding carboxylic acids is 1. The molecule has 4 rings (SSSR count). The Morgan fingerprint density at radius 1 is 1.26 bits per heavy atom. The summed E-state index contributed by atoms with van der Waals surface area (Å²) in [5.41, 5.74) is 3.77. The molecular formula is C20H23N5O2. The number of amides is 1. The van der Waals surface area contributed by atoms with E-state index in [1.807, 2.05) is 48.0 Å². The van der Waals surface area contributed by atoms with E-state index in [1.165, 1.54) is 5.56 Å². The highest BCUT2D eigenvalue weighted by atomic mass is 16.5. The van der Waals surface area contributed by atoms with Crippen molar-refractivity contribution in [2.24, 2.45) is 0 Å². The molecule has 1 aliphatic heterocycles. The van der Waals surface area contributed by atoms with Gasteiger partial charge >= 0.3 is 0 Å². The molecule has 140 valence electrons. The molecule has 0 aromatic carbocycles. The van der Waals surface area contributed by atoms with Crippen molar-refractivity contribution < 1.29 is 9.53 Å². The smallest absolute Gasteiger partial charge is 0.242 e. The standard InChI is InChI=1S/C20H23N5O2/c1-15-4-5-18-23-17(14-25(18)13-15)12-22-20(26)19(16-3-2-6-21-11-16)24-7-9-27-10-8-24/h2-6,11,13-14,19H,7-10,12H2,1H3,(H,22,26)/t19-/m0/s1. The van der Waals surface area contributed by atoms with E-state index in [0.717, 1.165) is 30.0 Å². The van der Waals surface area contributed by atoms with Crippen molar-refractivity contribution in [1.82, 2.24) is 24.6 Å². The Morgan fingerprint density at radius 3 is 2.89 bits per heavy atom. The maximum Gasteiger partial charge on any atom is 0.242 e. The third-order valence-electron chi connectivity index (χ3n) is 4.75. The number of aromatic nitrogens is 3. The van der Waals surface area contributed by atoms with Gasteiger partial charge in [-0.3, -0.25) is 14.7 Å². The molecule has 4 heterocycles. The fraction of sp³-hybridized carbons (Fsp3) is 0.350. The molecule has 27 heavy (non-hydrogen) atoms.